The molecule has 0 bridgehead atoms. The monoisotopic (exact) mass is 245 g/mol. The second-order valence-corrected chi connectivity index (χ2v) is 3.33. The third-order valence-corrected chi connectivity index (χ3v) is 1.84. The number of rotatable bonds is 5. The van der Waals surface area contributed by atoms with Crippen molar-refractivity contribution in [1.29, 1.82) is 0 Å². The van der Waals surface area contributed by atoms with Crippen LogP contribution in [-0.2, 0) is 0 Å². The van der Waals surface area contributed by atoms with E-state index in [0.717, 1.165) is 0 Å². The van der Waals surface area contributed by atoms with Crippen molar-refractivity contribution >= 4 is 29.5 Å². The Morgan fingerprint density at radius 3 is 2.88 bits per heavy atom. The maximum atomic E-state index is 10.1. The third kappa shape index (κ3) is 4.65. The molecule has 0 saturated carbocycles. The van der Waals surface area contributed by atoms with Gasteiger partial charge in [-0.3, -0.25) is 0 Å². The zero-order valence-electron chi connectivity index (χ0n) is 8.40. The number of anilines is 2. The quantitative estimate of drug-likeness (QED) is 0.450. The predicted molar refractivity (Wildman–Crippen MR) is 60.6 cm³/mol. The Kier molecular flexibility index (Phi) is 4.59. The molecule has 0 aromatic carbocycles. The molecule has 16 heavy (non-hydrogen) atoms. The Hall–Kier alpha value is -1.76. The van der Waals surface area contributed by atoms with Gasteiger partial charge in [-0.2, -0.15) is 4.98 Å². The molecule has 1 amide bonds. The van der Waals surface area contributed by atoms with Gasteiger partial charge in [0, 0.05) is 19.2 Å². The summed E-state index contributed by atoms with van der Waals surface area (Å²) in [7, 11) is 0. The number of halogens is 1. The van der Waals surface area contributed by atoms with E-state index in [2.05, 4.69) is 20.6 Å². The van der Waals surface area contributed by atoms with Crippen LogP contribution in [0.15, 0.2) is 6.07 Å². The summed E-state index contributed by atoms with van der Waals surface area (Å²) >= 11 is 5.67. The highest BCUT2D eigenvalue weighted by atomic mass is 35.5. The molecule has 1 aromatic rings. The maximum Gasteiger partial charge on any atom is 0.404 e. The van der Waals surface area contributed by atoms with Crippen LogP contribution in [0.3, 0.4) is 0 Å². The SMILES string of the molecule is Nc1nc(Cl)cc(NCCCNC(=O)O)n1. The molecular formula is C8H12ClN5O2. The van der Waals surface area contributed by atoms with Gasteiger partial charge < -0.3 is 21.5 Å². The van der Waals surface area contributed by atoms with Crippen LogP contribution >= 0.6 is 11.6 Å². The maximum absolute atomic E-state index is 10.1. The van der Waals surface area contributed by atoms with Crippen LogP contribution < -0.4 is 16.4 Å². The fourth-order valence-corrected chi connectivity index (χ4v) is 1.22. The second kappa shape index (κ2) is 5.96. The number of nitrogens with two attached hydrogens (primary N) is 1. The van der Waals surface area contributed by atoms with E-state index in [1.165, 1.54) is 0 Å². The van der Waals surface area contributed by atoms with Crippen molar-refractivity contribution in [3.63, 3.8) is 0 Å². The summed E-state index contributed by atoms with van der Waals surface area (Å²) in [5, 5.41) is 13.8. The van der Waals surface area contributed by atoms with Crippen molar-refractivity contribution in [2.24, 2.45) is 0 Å². The fourth-order valence-electron chi connectivity index (χ4n) is 1.03. The Labute approximate surface area is 97.0 Å². The standard InChI is InChI=1S/C8H12ClN5O2/c9-5-4-6(14-7(10)13-5)11-2-1-3-12-8(15)16/h4,12H,1-3H2,(H,15,16)(H3,10,11,13,14). The van der Waals surface area contributed by atoms with Crippen LogP contribution in [0.4, 0.5) is 16.6 Å². The van der Waals surface area contributed by atoms with Gasteiger partial charge in [0.15, 0.2) is 0 Å². The summed E-state index contributed by atoms with van der Waals surface area (Å²) in [5.74, 6) is 0.617. The Morgan fingerprint density at radius 1 is 1.50 bits per heavy atom. The first-order valence-corrected chi connectivity index (χ1v) is 4.96. The minimum absolute atomic E-state index is 0.0960. The molecule has 0 aliphatic carbocycles. The zero-order valence-corrected chi connectivity index (χ0v) is 9.16. The zero-order chi connectivity index (χ0) is 12.0. The lowest BCUT2D eigenvalue weighted by Crippen LogP contribution is -2.23. The third-order valence-electron chi connectivity index (χ3n) is 1.65. The molecule has 7 nitrogen and oxygen atoms in total. The molecule has 0 fully saturated rings. The summed E-state index contributed by atoms with van der Waals surface area (Å²) in [6.45, 7) is 0.934. The van der Waals surface area contributed by atoms with Crippen molar-refractivity contribution in [2.75, 3.05) is 24.1 Å². The van der Waals surface area contributed by atoms with Crippen LogP contribution in [0, 0.1) is 0 Å². The molecule has 0 unspecified atom stereocenters. The number of aromatic nitrogens is 2. The molecule has 0 spiro atoms. The van der Waals surface area contributed by atoms with E-state index in [1.807, 2.05) is 0 Å². The van der Waals surface area contributed by atoms with E-state index in [1.54, 1.807) is 6.07 Å². The number of nitrogens with zero attached hydrogens (tertiary/aromatic N) is 2. The van der Waals surface area contributed by atoms with Gasteiger partial charge in [0.1, 0.15) is 11.0 Å². The van der Waals surface area contributed by atoms with Gasteiger partial charge in [-0.15, -0.1) is 0 Å². The molecule has 1 rings (SSSR count). The van der Waals surface area contributed by atoms with E-state index in [9.17, 15) is 4.79 Å². The molecule has 0 atom stereocenters. The first-order valence-electron chi connectivity index (χ1n) is 4.58. The average Bonchev–Trinajstić information content (AvgIpc) is 2.15. The van der Waals surface area contributed by atoms with Gasteiger partial charge in [-0.1, -0.05) is 11.6 Å². The Morgan fingerprint density at radius 2 is 2.25 bits per heavy atom. The van der Waals surface area contributed by atoms with Gasteiger partial charge >= 0.3 is 6.09 Å². The van der Waals surface area contributed by atoms with Crippen LogP contribution in [0.1, 0.15) is 6.42 Å². The number of carbonyl (C=O) groups is 1. The number of hydrogen-bond donors (Lipinski definition) is 4. The van der Waals surface area contributed by atoms with E-state index in [-0.39, 0.29) is 11.1 Å². The normalized spacial score (nSPS) is 9.81. The van der Waals surface area contributed by atoms with Crippen LogP contribution in [0.25, 0.3) is 0 Å². The van der Waals surface area contributed by atoms with Crippen molar-refractivity contribution in [2.45, 2.75) is 6.42 Å². The molecule has 0 radical (unpaired) electrons. The molecule has 5 N–H and O–H groups in total. The van der Waals surface area contributed by atoms with Gasteiger partial charge in [0.05, 0.1) is 0 Å². The van der Waals surface area contributed by atoms with Crippen LogP contribution in [-0.4, -0.2) is 34.3 Å². The smallest absolute Gasteiger partial charge is 0.404 e. The van der Waals surface area contributed by atoms with E-state index >= 15 is 0 Å². The minimum atomic E-state index is -1.03. The van der Waals surface area contributed by atoms with Gasteiger partial charge in [0.2, 0.25) is 5.95 Å². The molecule has 8 heteroatoms. The number of carboxylic acid groups (broad SMARTS) is 1. The minimum Gasteiger partial charge on any atom is -0.465 e. The molecule has 88 valence electrons. The van der Waals surface area contributed by atoms with Crippen molar-refractivity contribution < 1.29 is 9.90 Å². The highest BCUT2D eigenvalue weighted by Crippen LogP contribution is 2.11. The summed E-state index contributed by atoms with van der Waals surface area (Å²) in [5.41, 5.74) is 5.39. The first kappa shape index (κ1) is 12.3. The highest BCUT2D eigenvalue weighted by Gasteiger charge is 1.99. The molecule has 1 heterocycles. The lowest BCUT2D eigenvalue weighted by molar-refractivity contribution is 0.194. The van der Waals surface area contributed by atoms with Gasteiger partial charge in [-0.25, -0.2) is 9.78 Å². The number of hydrogen-bond acceptors (Lipinski definition) is 5. The summed E-state index contributed by atoms with van der Waals surface area (Å²) in [6.07, 6.45) is -0.400. The van der Waals surface area contributed by atoms with Crippen molar-refractivity contribution in [3.05, 3.63) is 11.2 Å². The summed E-state index contributed by atoms with van der Waals surface area (Å²) < 4.78 is 0. The van der Waals surface area contributed by atoms with E-state index in [4.69, 9.17) is 22.4 Å². The number of nitrogens with one attached hydrogen (secondary N) is 2. The molecule has 0 saturated heterocycles. The average molecular weight is 246 g/mol. The fraction of sp³-hybridized carbons (Fsp3) is 0.375. The lowest BCUT2D eigenvalue weighted by atomic mass is 10.4. The molecule has 0 aliphatic rings. The summed E-state index contributed by atoms with van der Waals surface area (Å²) in [4.78, 5) is 17.7. The summed E-state index contributed by atoms with van der Waals surface area (Å²) in [6, 6.07) is 1.54. The topological polar surface area (TPSA) is 113 Å². The van der Waals surface area contributed by atoms with Crippen LogP contribution in [0.5, 0.6) is 0 Å². The molecule has 0 aliphatic heterocycles. The Bertz CT molecular complexity index is 353. The lowest BCUT2D eigenvalue weighted by Gasteiger charge is -2.06. The molecular weight excluding hydrogens is 234 g/mol. The first-order chi connectivity index (χ1) is 7.58. The Balaban J connectivity index is 2.29. The highest BCUT2D eigenvalue weighted by molar-refractivity contribution is 6.29. The van der Waals surface area contributed by atoms with E-state index < -0.39 is 6.09 Å². The van der Waals surface area contributed by atoms with Crippen molar-refractivity contribution in [1.82, 2.24) is 15.3 Å². The molecule has 1 aromatic heterocycles. The van der Waals surface area contributed by atoms with E-state index in [0.29, 0.717) is 25.3 Å². The van der Waals surface area contributed by atoms with Gasteiger partial charge in [0.25, 0.3) is 0 Å². The van der Waals surface area contributed by atoms with Crippen molar-refractivity contribution in [3.8, 4) is 0 Å². The van der Waals surface area contributed by atoms with Gasteiger partial charge in [-0.05, 0) is 6.42 Å². The largest absolute Gasteiger partial charge is 0.465 e. The van der Waals surface area contributed by atoms with Crippen LogP contribution in [0.2, 0.25) is 5.15 Å². The second-order valence-electron chi connectivity index (χ2n) is 2.95. The number of nitrogen functional groups attached to an aromatic ring is 1. The number of amides is 1. The predicted octanol–water partition coefficient (Wildman–Crippen LogP) is 0.782.